The summed E-state index contributed by atoms with van der Waals surface area (Å²) in [6.45, 7) is 7.13. The topological polar surface area (TPSA) is 38.5 Å². The van der Waals surface area contributed by atoms with E-state index >= 15 is 0 Å². The summed E-state index contributed by atoms with van der Waals surface area (Å²) in [6.07, 6.45) is 8.28. The van der Waals surface area contributed by atoms with Crippen LogP contribution in [0.25, 0.3) is 0 Å². The summed E-state index contributed by atoms with van der Waals surface area (Å²) in [6, 6.07) is 0.783. The molecule has 2 N–H and O–H groups in total. The van der Waals surface area contributed by atoms with Crippen molar-refractivity contribution >= 4 is 0 Å². The van der Waals surface area contributed by atoms with Gasteiger partial charge in [0.15, 0.2) is 0 Å². The van der Waals surface area contributed by atoms with Gasteiger partial charge in [-0.05, 0) is 39.2 Å². The second-order valence-electron chi connectivity index (χ2n) is 5.64. The maximum atomic E-state index is 6.07. The van der Waals surface area contributed by atoms with Gasteiger partial charge in [-0.3, -0.25) is 4.90 Å². The normalized spacial score (nSPS) is 34.2. The molecule has 3 nitrogen and oxygen atoms in total. The lowest BCUT2D eigenvalue weighted by molar-refractivity contribution is -0.111. The Bertz CT molecular complexity index is 232. The monoisotopic (exact) mass is 240 g/mol. The first-order chi connectivity index (χ1) is 8.25. The van der Waals surface area contributed by atoms with Gasteiger partial charge in [0.25, 0.3) is 0 Å². The minimum atomic E-state index is 0.254. The van der Waals surface area contributed by atoms with E-state index in [4.69, 9.17) is 10.5 Å². The van der Waals surface area contributed by atoms with Crippen LogP contribution in [-0.2, 0) is 4.74 Å². The molecule has 2 rings (SSSR count). The molecule has 3 heteroatoms. The van der Waals surface area contributed by atoms with Crippen LogP contribution in [0.4, 0.5) is 0 Å². The van der Waals surface area contributed by atoms with Crippen LogP contribution in [0.15, 0.2) is 0 Å². The van der Waals surface area contributed by atoms with E-state index in [2.05, 4.69) is 18.7 Å². The highest BCUT2D eigenvalue weighted by atomic mass is 16.5. The molecule has 2 fully saturated rings. The maximum absolute atomic E-state index is 6.07. The summed E-state index contributed by atoms with van der Waals surface area (Å²) in [7, 11) is 0. The van der Waals surface area contributed by atoms with Crippen molar-refractivity contribution in [3.63, 3.8) is 0 Å². The van der Waals surface area contributed by atoms with Gasteiger partial charge >= 0.3 is 0 Å². The molecule has 0 saturated heterocycles. The van der Waals surface area contributed by atoms with E-state index in [0.29, 0.717) is 6.10 Å². The fraction of sp³-hybridized carbons (Fsp3) is 1.00. The summed E-state index contributed by atoms with van der Waals surface area (Å²) in [5.74, 6) is 0. The van der Waals surface area contributed by atoms with Crippen LogP contribution < -0.4 is 5.73 Å². The Labute approximate surface area is 106 Å². The Morgan fingerprint density at radius 1 is 1.24 bits per heavy atom. The van der Waals surface area contributed by atoms with Gasteiger partial charge in [0.2, 0.25) is 0 Å². The van der Waals surface area contributed by atoms with Crippen molar-refractivity contribution in [1.29, 1.82) is 0 Å². The molecule has 0 radical (unpaired) electrons. The third-order valence-corrected chi connectivity index (χ3v) is 4.71. The molecule has 0 aliphatic heterocycles. The number of rotatable bonds is 6. The molecule has 0 amide bonds. The molecular weight excluding hydrogens is 212 g/mol. The van der Waals surface area contributed by atoms with E-state index in [1.54, 1.807) is 0 Å². The molecule has 100 valence electrons. The van der Waals surface area contributed by atoms with Gasteiger partial charge < -0.3 is 10.5 Å². The number of nitrogens with two attached hydrogens (primary N) is 1. The molecule has 0 aromatic heterocycles. The second kappa shape index (κ2) is 5.68. The first-order valence-electron chi connectivity index (χ1n) is 7.34. The van der Waals surface area contributed by atoms with Crippen LogP contribution in [0.2, 0.25) is 0 Å². The van der Waals surface area contributed by atoms with Crippen LogP contribution in [0.3, 0.4) is 0 Å². The molecule has 2 aliphatic rings. The van der Waals surface area contributed by atoms with Crippen molar-refractivity contribution in [3.05, 3.63) is 0 Å². The van der Waals surface area contributed by atoms with Gasteiger partial charge in [0, 0.05) is 24.7 Å². The summed E-state index contributed by atoms with van der Waals surface area (Å²) in [5.41, 5.74) is 6.33. The third kappa shape index (κ3) is 2.51. The number of ether oxygens (including phenoxy) is 1. The Hall–Kier alpha value is -0.120. The fourth-order valence-electron chi connectivity index (χ4n) is 3.86. The summed E-state index contributed by atoms with van der Waals surface area (Å²) >= 11 is 0. The Morgan fingerprint density at radius 2 is 1.88 bits per heavy atom. The molecule has 0 aromatic rings. The molecule has 17 heavy (non-hydrogen) atoms. The molecule has 2 aliphatic carbocycles. The van der Waals surface area contributed by atoms with E-state index < -0.39 is 0 Å². The van der Waals surface area contributed by atoms with Gasteiger partial charge in [-0.1, -0.05) is 19.8 Å². The first-order valence-corrected chi connectivity index (χ1v) is 7.34. The van der Waals surface area contributed by atoms with Crippen molar-refractivity contribution in [2.45, 2.75) is 70.1 Å². The van der Waals surface area contributed by atoms with Crippen molar-refractivity contribution in [3.8, 4) is 0 Å². The van der Waals surface area contributed by atoms with E-state index in [1.807, 2.05) is 0 Å². The third-order valence-electron chi connectivity index (χ3n) is 4.71. The smallest absolute Gasteiger partial charge is 0.0611 e. The molecule has 0 heterocycles. The quantitative estimate of drug-likeness (QED) is 0.773. The van der Waals surface area contributed by atoms with Gasteiger partial charge in [-0.2, -0.15) is 0 Å². The minimum absolute atomic E-state index is 0.254. The Morgan fingerprint density at radius 3 is 2.35 bits per heavy atom. The zero-order chi connectivity index (χ0) is 12.3. The van der Waals surface area contributed by atoms with E-state index in [9.17, 15) is 0 Å². The number of nitrogens with zero attached hydrogens (tertiary/aromatic N) is 1. The zero-order valence-electron chi connectivity index (χ0n) is 11.5. The summed E-state index contributed by atoms with van der Waals surface area (Å²) in [5, 5.41) is 0. The lowest BCUT2D eigenvalue weighted by atomic mass is 9.72. The van der Waals surface area contributed by atoms with Crippen LogP contribution in [0, 0.1) is 0 Å². The molecule has 0 aromatic carbocycles. The lowest BCUT2D eigenvalue weighted by Crippen LogP contribution is -2.66. The molecule has 0 unspecified atom stereocenters. The largest absolute Gasteiger partial charge is 0.378 e. The minimum Gasteiger partial charge on any atom is -0.378 e. The Balaban J connectivity index is 1.96. The van der Waals surface area contributed by atoms with Gasteiger partial charge in [0.1, 0.15) is 0 Å². The summed E-state index contributed by atoms with van der Waals surface area (Å²) < 4.78 is 5.71. The Kier molecular flexibility index (Phi) is 4.45. The van der Waals surface area contributed by atoms with E-state index in [0.717, 1.165) is 38.6 Å². The predicted octanol–water partition coefficient (Wildman–Crippen LogP) is 2.15. The average molecular weight is 240 g/mol. The van der Waals surface area contributed by atoms with Crippen molar-refractivity contribution < 1.29 is 4.74 Å². The van der Waals surface area contributed by atoms with Crippen LogP contribution in [-0.4, -0.2) is 42.3 Å². The predicted molar refractivity (Wildman–Crippen MR) is 71.1 cm³/mol. The highest BCUT2D eigenvalue weighted by Crippen LogP contribution is 2.42. The van der Waals surface area contributed by atoms with Crippen molar-refractivity contribution in [1.82, 2.24) is 4.90 Å². The zero-order valence-corrected chi connectivity index (χ0v) is 11.5. The highest BCUT2D eigenvalue weighted by molar-refractivity contribution is 5.06. The van der Waals surface area contributed by atoms with Crippen LogP contribution in [0.1, 0.15) is 52.4 Å². The van der Waals surface area contributed by atoms with Crippen molar-refractivity contribution in [2.75, 3.05) is 19.7 Å². The van der Waals surface area contributed by atoms with E-state index in [-0.39, 0.29) is 5.54 Å². The molecule has 0 spiro atoms. The van der Waals surface area contributed by atoms with Crippen LogP contribution in [0.5, 0.6) is 0 Å². The molecule has 2 saturated carbocycles. The SMILES string of the molecule is CCOC1CC(CN)(N(CC)C2CCCC2)C1. The standard InChI is InChI=1S/C14H28N2O/c1-3-16(12-7-5-6-8-12)14(11-15)9-13(10-14)17-4-2/h12-13H,3-11,15H2,1-2H3. The highest BCUT2D eigenvalue weighted by Gasteiger charge is 2.49. The summed E-state index contributed by atoms with van der Waals surface area (Å²) in [4.78, 5) is 2.69. The maximum Gasteiger partial charge on any atom is 0.0611 e. The van der Waals surface area contributed by atoms with E-state index in [1.165, 1.54) is 25.7 Å². The van der Waals surface area contributed by atoms with Gasteiger partial charge in [0.05, 0.1) is 6.10 Å². The number of likely N-dealkylation sites (N-methyl/N-ethyl adjacent to an activating group) is 1. The van der Waals surface area contributed by atoms with Gasteiger partial charge in [-0.25, -0.2) is 0 Å². The molecule has 0 atom stereocenters. The average Bonchev–Trinajstić information content (AvgIpc) is 2.79. The number of hydrogen-bond donors (Lipinski definition) is 1. The lowest BCUT2D eigenvalue weighted by Gasteiger charge is -2.55. The number of hydrogen-bond acceptors (Lipinski definition) is 3. The van der Waals surface area contributed by atoms with Gasteiger partial charge in [-0.15, -0.1) is 0 Å². The fourth-order valence-corrected chi connectivity index (χ4v) is 3.86. The molecule has 0 bridgehead atoms. The first kappa shape index (κ1) is 13.3. The van der Waals surface area contributed by atoms with Crippen LogP contribution >= 0.6 is 0 Å². The second-order valence-corrected chi connectivity index (χ2v) is 5.64. The van der Waals surface area contributed by atoms with Crippen molar-refractivity contribution in [2.24, 2.45) is 5.73 Å². The molecular formula is C14H28N2O.